The molecule has 0 atom stereocenters. The smallest absolute Gasteiger partial charge is 0.363 e. The lowest BCUT2D eigenvalue weighted by molar-refractivity contribution is -0.129. The van der Waals surface area contributed by atoms with Crippen LogP contribution in [0.2, 0.25) is 5.02 Å². The molecule has 0 radical (unpaired) electrons. The summed E-state index contributed by atoms with van der Waals surface area (Å²) in [5, 5.41) is 2.12. The van der Waals surface area contributed by atoms with E-state index in [1.165, 1.54) is 17.3 Å². The van der Waals surface area contributed by atoms with Crippen molar-refractivity contribution in [1.29, 1.82) is 0 Å². The van der Waals surface area contributed by atoms with Crippen LogP contribution in [0.15, 0.2) is 93.4 Å². The molecule has 3 aromatic carbocycles. The first-order chi connectivity index (χ1) is 17.0. The first-order valence-electron chi connectivity index (χ1n) is 11.1. The molecule has 0 fully saturated rings. The van der Waals surface area contributed by atoms with E-state index >= 15 is 0 Å². The third-order valence-corrected chi connectivity index (χ3v) is 6.70. The van der Waals surface area contributed by atoms with Crippen LogP contribution in [0.3, 0.4) is 0 Å². The van der Waals surface area contributed by atoms with Crippen molar-refractivity contribution < 1.29 is 14.3 Å². The molecule has 0 amide bonds. The van der Waals surface area contributed by atoms with Crippen LogP contribution < -0.4 is 4.74 Å². The van der Waals surface area contributed by atoms with Crippen molar-refractivity contribution in [3.63, 3.8) is 0 Å². The molecule has 5 nitrogen and oxygen atoms in total. The number of ether oxygens (including phenoxy) is 2. The van der Waals surface area contributed by atoms with E-state index in [1.54, 1.807) is 18.2 Å². The number of cyclic esters (lactones) is 1. The highest BCUT2D eigenvalue weighted by Gasteiger charge is 2.26. The maximum atomic E-state index is 12.7. The van der Waals surface area contributed by atoms with Crippen molar-refractivity contribution in [2.45, 2.75) is 23.8 Å². The molecule has 0 bridgehead atoms. The summed E-state index contributed by atoms with van der Waals surface area (Å²) in [5.74, 6) is 0.417. The molecular formula is C28H21ClN2O3S. The minimum absolute atomic E-state index is 0.187. The zero-order chi connectivity index (χ0) is 24.4. The number of fused-ring (bicyclic) bond motifs is 1. The molecule has 1 aromatic heterocycles. The van der Waals surface area contributed by atoms with Crippen LogP contribution in [0.4, 0.5) is 0 Å². The second kappa shape index (κ2) is 9.94. The van der Waals surface area contributed by atoms with Crippen molar-refractivity contribution in [3.05, 3.63) is 100 Å². The van der Waals surface area contributed by atoms with Gasteiger partial charge < -0.3 is 9.47 Å². The fraction of sp³-hybridized carbons (Fsp3) is 0.107. The van der Waals surface area contributed by atoms with Crippen molar-refractivity contribution in [3.8, 4) is 5.75 Å². The highest BCUT2D eigenvalue weighted by molar-refractivity contribution is 7.99. The van der Waals surface area contributed by atoms with E-state index in [0.717, 1.165) is 32.1 Å². The Hall–Kier alpha value is -3.61. The van der Waals surface area contributed by atoms with Gasteiger partial charge in [-0.2, -0.15) is 0 Å². The van der Waals surface area contributed by atoms with E-state index in [0.29, 0.717) is 17.2 Å². The van der Waals surface area contributed by atoms with E-state index in [-0.39, 0.29) is 11.6 Å². The zero-order valence-corrected chi connectivity index (χ0v) is 20.7. The summed E-state index contributed by atoms with van der Waals surface area (Å²) in [6, 6.07) is 23.1. The molecule has 0 N–H and O–H groups in total. The van der Waals surface area contributed by atoms with Crippen molar-refractivity contribution >= 4 is 52.2 Å². The van der Waals surface area contributed by atoms with Gasteiger partial charge in [0.15, 0.2) is 5.70 Å². The monoisotopic (exact) mass is 500 g/mol. The number of aromatic nitrogens is 1. The average Bonchev–Trinajstić information content (AvgIpc) is 3.21. The molecule has 0 aliphatic carbocycles. The minimum atomic E-state index is -0.533. The van der Waals surface area contributed by atoms with E-state index < -0.39 is 5.97 Å². The first kappa shape index (κ1) is 23.1. The molecule has 2 heterocycles. The van der Waals surface area contributed by atoms with E-state index in [2.05, 4.69) is 36.2 Å². The van der Waals surface area contributed by atoms with Crippen LogP contribution in [0.5, 0.6) is 5.75 Å². The molecular weight excluding hydrogens is 480 g/mol. The Labute approximate surface area is 212 Å². The van der Waals surface area contributed by atoms with Crippen molar-refractivity contribution in [2.24, 2.45) is 4.99 Å². The first-order valence-corrected chi connectivity index (χ1v) is 12.3. The lowest BCUT2D eigenvalue weighted by Crippen LogP contribution is -2.05. The Bertz CT molecular complexity index is 1500. The lowest BCUT2D eigenvalue weighted by Gasteiger charge is -2.10. The molecule has 1 aliphatic heterocycles. The third kappa shape index (κ3) is 5.09. The second-order valence-electron chi connectivity index (χ2n) is 7.90. The summed E-state index contributed by atoms with van der Waals surface area (Å²) in [7, 11) is 0. The number of rotatable bonds is 6. The number of benzene rings is 3. The molecule has 0 spiro atoms. The van der Waals surface area contributed by atoms with E-state index in [4.69, 9.17) is 26.1 Å². The lowest BCUT2D eigenvalue weighted by atomic mass is 10.1. The van der Waals surface area contributed by atoms with Gasteiger partial charge in [0.05, 0.1) is 22.7 Å². The number of carbonyl (C=O) groups excluding carboxylic acids is 1. The van der Waals surface area contributed by atoms with Crippen LogP contribution >= 0.6 is 23.4 Å². The van der Waals surface area contributed by atoms with Crippen LogP contribution in [0.25, 0.3) is 17.0 Å². The maximum Gasteiger partial charge on any atom is 0.363 e. The molecule has 7 heteroatoms. The third-order valence-electron chi connectivity index (χ3n) is 5.34. The Morgan fingerprint density at radius 3 is 2.63 bits per heavy atom. The van der Waals surface area contributed by atoms with Gasteiger partial charge >= 0.3 is 5.97 Å². The fourth-order valence-electron chi connectivity index (χ4n) is 3.62. The number of hydrogen-bond donors (Lipinski definition) is 0. The Morgan fingerprint density at radius 1 is 1.06 bits per heavy atom. The van der Waals surface area contributed by atoms with Gasteiger partial charge in [0, 0.05) is 15.8 Å². The number of aliphatic imine (C=N–C) groups is 1. The number of pyridine rings is 1. The van der Waals surface area contributed by atoms with Crippen LogP contribution in [-0.4, -0.2) is 23.5 Å². The van der Waals surface area contributed by atoms with Crippen LogP contribution in [-0.2, 0) is 9.53 Å². The van der Waals surface area contributed by atoms with Crippen molar-refractivity contribution in [1.82, 2.24) is 4.98 Å². The van der Waals surface area contributed by atoms with Crippen LogP contribution in [0, 0.1) is 6.92 Å². The topological polar surface area (TPSA) is 60.8 Å². The molecule has 0 saturated carbocycles. The van der Waals surface area contributed by atoms with Gasteiger partial charge in [-0.15, -0.1) is 0 Å². The Kier molecular flexibility index (Phi) is 6.57. The van der Waals surface area contributed by atoms with Gasteiger partial charge in [-0.3, -0.25) is 0 Å². The maximum absolute atomic E-state index is 12.7. The SMILES string of the molecule is CCOc1ccc2nc(Sc3ccc(C)cc3)c(/C=C3/N=C(c4ccccc4Cl)OC3=O)cc2c1. The van der Waals surface area contributed by atoms with Crippen LogP contribution in [0.1, 0.15) is 23.6 Å². The summed E-state index contributed by atoms with van der Waals surface area (Å²) in [5.41, 5.74) is 3.53. The number of aryl methyl sites for hydroxylation is 1. The second-order valence-corrected chi connectivity index (χ2v) is 9.37. The minimum Gasteiger partial charge on any atom is -0.494 e. The normalized spacial score (nSPS) is 14.3. The van der Waals surface area contributed by atoms with Crippen molar-refractivity contribution in [2.75, 3.05) is 6.61 Å². The molecule has 4 aromatic rings. The van der Waals surface area contributed by atoms with Gasteiger partial charge in [0.25, 0.3) is 0 Å². The number of halogens is 1. The molecule has 1 aliphatic rings. The highest BCUT2D eigenvalue weighted by atomic mass is 35.5. The summed E-state index contributed by atoms with van der Waals surface area (Å²) in [6.45, 7) is 4.57. The summed E-state index contributed by atoms with van der Waals surface area (Å²) in [6.07, 6.45) is 1.71. The molecule has 5 rings (SSSR count). The van der Waals surface area contributed by atoms with Gasteiger partial charge in [-0.25, -0.2) is 14.8 Å². The van der Waals surface area contributed by atoms with Gasteiger partial charge in [0.1, 0.15) is 10.8 Å². The Morgan fingerprint density at radius 2 is 1.86 bits per heavy atom. The molecule has 174 valence electrons. The Balaban J connectivity index is 1.60. The van der Waals surface area contributed by atoms with E-state index in [9.17, 15) is 4.79 Å². The highest BCUT2D eigenvalue weighted by Crippen LogP contribution is 2.34. The largest absolute Gasteiger partial charge is 0.494 e. The van der Waals surface area contributed by atoms with E-state index in [1.807, 2.05) is 43.3 Å². The standard InChI is InChI=1S/C28H21ClN2O3S/c1-3-33-20-10-13-24-18(15-20)14-19(27(31-24)35-21-11-8-17(2)9-12-21)16-25-28(32)34-26(30-25)22-6-4-5-7-23(22)29/h4-16H,3H2,1-2H3/b25-16+. The number of nitrogens with zero attached hydrogens (tertiary/aromatic N) is 2. The molecule has 35 heavy (non-hydrogen) atoms. The predicted molar refractivity (Wildman–Crippen MR) is 140 cm³/mol. The van der Waals surface area contributed by atoms with Gasteiger partial charge in [-0.1, -0.05) is 53.2 Å². The number of carbonyl (C=O) groups is 1. The molecule has 0 saturated heterocycles. The average molecular weight is 501 g/mol. The zero-order valence-electron chi connectivity index (χ0n) is 19.1. The molecule has 0 unspecified atom stereocenters. The fourth-order valence-corrected chi connectivity index (χ4v) is 4.71. The summed E-state index contributed by atoms with van der Waals surface area (Å²) >= 11 is 7.80. The van der Waals surface area contributed by atoms with Gasteiger partial charge in [0.2, 0.25) is 5.90 Å². The summed E-state index contributed by atoms with van der Waals surface area (Å²) in [4.78, 5) is 23.1. The number of hydrogen-bond acceptors (Lipinski definition) is 6. The predicted octanol–water partition coefficient (Wildman–Crippen LogP) is 7.09. The quantitative estimate of drug-likeness (QED) is 0.209. The number of esters is 1. The summed E-state index contributed by atoms with van der Waals surface area (Å²) < 4.78 is 11.1. The van der Waals surface area contributed by atoms with Gasteiger partial charge in [-0.05, 0) is 68.5 Å².